The second kappa shape index (κ2) is 13.1. The molecule has 0 bridgehead atoms. The van der Waals surface area contributed by atoms with Crippen molar-refractivity contribution in [2.24, 2.45) is 0 Å². The van der Waals surface area contributed by atoms with Gasteiger partial charge in [0, 0.05) is 47.8 Å². The maximum atomic E-state index is 5.29. The van der Waals surface area contributed by atoms with Crippen LogP contribution >= 0.6 is 11.3 Å². The lowest BCUT2D eigenvalue weighted by Gasteiger charge is -2.12. The summed E-state index contributed by atoms with van der Waals surface area (Å²) in [4.78, 5) is 15.8. The van der Waals surface area contributed by atoms with Crippen molar-refractivity contribution in [1.82, 2.24) is 15.0 Å². The zero-order valence-electron chi connectivity index (χ0n) is 28.6. The SMILES string of the molecule is c1ccc(-c2ccc(-c3cc(-c4ccc(-c5ccccc5)cc4)nc(-c4ccc5nc(-c6ccccc6)c6c7ccccc7sc6c5c4)n3)cc2)cc1. The van der Waals surface area contributed by atoms with E-state index >= 15 is 0 Å². The summed E-state index contributed by atoms with van der Waals surface area (Å²) in [5.41, 5.74) is 12.6. The molecule has 0 saturated carbocycles. The first-order valence-corrected chi connectivity index (χ1v) is 18.6. The Kier molecular flexibility index (Phi) is 7.67. The minimum absolute atomic E-state index is 0.681. The highest BCUT2D eigenvalue weighted by molar-refractivity contribution is 7.26. The van der Waals surface area contributed by atoms with Gasteiger partial charge in [-0.25, -0.2) is 15.0 Å². The van der Waals surface area contributed by atoms with Crippen molar-refractivity contribution in [2.75, 3.05) is 0 Å². The molecule has 7 aromatic carbocycles. The standard InChI is InChI=1S/C49H31N3S/c1-4-12-32(13-5-1)34-20-24-36(25-21-34)43-31-44(37-26-22-35(23-27-37)33-14-6-2-7-15-33)52-49(51-43)39-28-29-42-41(30-39)48-46(40-18-10-11-19-45(40)53-48)47(50-42)38-16-8-3-9-17-38/h1-31H. The minimum atomic E-state index is 0.681. The van der Waals surface area contributed by atoms with Crippen LogP contribution < -0.4 is 0 Å². The van der Waals surface area contributed by atoms with Gasteiger partial charge in [0.05, 0.1) is 22.6 Å². The van der Waals surface area contributed by atoms with Gasteiger partial charge in [0.15, 0.2) is 5.82 Å². The van der Waals surface area contributed by atoms with Crippen molar-refractivity contribution < 1.29 is 0 Å². The third kappa shape index (κ3) is 5.76. The van der Waals surface area contributed by atoms with Gasteiger partial charge in [0.1, 0.15) is 0 Å². The summed E-state index contributed by atoms with van der Waals surface area (Å²) in [5, 5.41) is 3.52. The monoisotopic (exact) mass is 693 g/mol. The van der Waals surface area contributed by atoms with Crippen LogP contribution in [0, 0.1) is 0 Å². The summed E-state index contributed by atoms with van der Waals surface area (Å²) >= 11 is 1.82. The number of fused-ring (bicyclic) bond motifs is 5. The third-order valence-corrected chi connectivity index (χ3v) is 11.1. The topological polar surface area (TPSA) is 38.7 Å². The molecule has 0 atom stereocenters. The van der Waals surface area contributed by atoms with Crippen molar-refractivity contribution >= 4 is 42.4 Å². The van der Waals surface area contributed by atoms with Crippen molar-refractivity contribution in [1.29, 1.82) is 0 Å². The molecule has 0 spiro atoms. The number of hydrogen-bond acceptors (Lipinski definition) is 4. The van der Waals surface area contributed by atoms with Crippen molar-refractivity contribution in [3.05, 3.63) is 188 Å². The van der Waals surface area contributed by atoms with E-state index < -0.39 is 0 Å². The molecule has 10 rings (SSSR count). The average molecular weight is 694 g/mol. The highest BCUT2D eigenvalue weighted by atomic mass is 32.1. The van der Waals surface area contributed by atoms with E-state index in [0.717, 1.165) is 50.2 Å². The van der Waals surface area contributed by atoms with E-state index in [0.29, 0.717) is 5.82 Å². The number of pyridine rings is 1. The quantitative estimate of drug-likeness (QED) is 0.174. The van der Waals surface area contributed by atoms with Crippen molar-refractivity contribution in [3.8, 4) is 67.4 Å². The van der Waals surface area contributed by atoms with Crippen LogP contribution in [0.2, 0.25) is 0 Å². The van der Waals surface area contributed by atoms with Crippen LogP contribution in [0.15, 0.2) is 188 Å². The van der Waals surface area contributed by atoms with Crippen LogP contribution in [0.25, 0.3) is 98.5 Å². The fourth-order valence-corrected chi connectivity index (χ4v) is 8.43. The van der Waals surface area contributed by atoms with Gasteiger partial charge in [-0.15, -0.1) is 11.3 Å². The third-order valence-electron chi connectivity index (χ3n) is 9.91. The average Bonchev–Trinajstić information content (AvgIpc) is 3.64. The van der Waals surface area contributed by atoms with Gasteiger partial charge >= 0.3 is 0 Å². The Morgan fingerprint density at radius 1 is 0.340 bits per heavy atom. The predicted molar refractivity (Wildman–Crippen MR) is 223 cm³/mol. The molecule has 0 aliphatic rings. The highest BCUT2D eigenvalue weighted by Gasteiger charge is 2.18. The summed E-state index contributed by atoms with van der Waals surface area (Å²) in [6, 6.07) is 66.0. The first-order valence-electron chi connectivity index (χ1n) is 17.8. The molecule has 0 radical (unpaired) electrons. The van der Waals surface area contributed by atoms with E-state index in [9.17, 15) is 0 Å². The number of benzene rings is 7. The molecule has 3 nitrogen and oxygen atoms in total. The minimum Gasteiger partial charge on any atom is -0.247 e. The van der Waals surface area contributed by atoms with Crippen LogP contribution in [0.3, 0.4) is 0 Å². The lowest BCUT2D eigenvalue weighted by atomic mass is 10.00. The number of aromatic nitrogens is 3. The fourth-order valence-electron chi connectivity index (χ4n) is 7.21. The van der Waals surface area contributed by atoms with Crippen LogP contribution in [-0.4, -0.2) is 15.0 Å². The molecule has 0 aliphatic heterocycles. The van der Waals surface area contributed by atoms with Crippen LogP contribution in [-0.2, 0) is 0 Å². The zero-order chi connectivity index (χ0) is 35.1. The Labute approximate surface area is 311 Å². The molecule has 0 saturated heterocycles. The Bertz CT molecular complexity index is 2800. The van der Waals surface area contributed by atoms with Crippen molar-refractivity contribution in [3.63, 3.8) is 0 Å². The van der Waals surface area contributed by atoms with E-state index in [2.05, 4.69) is 176 Å². The Morgan fingerprint density at radius 3 is 1.40 bits per heavy atom. The molecule has 248 valence electrons. The van der Waals surface area contributed by atoms with Gasteiger partial charge in [-0.2, -0.15) is 0 Å². The van der Waals surface area contributed by atoms with E-state index in [-0.39, 0.29) is 0 Å². The van der Waals surface area contributed by atoms with E-state index in [4.69, 9.17) is 15.0 Å². The molecule has 4 heteroatoms. The maximum absolute atomic E-state index is 5.29. The zero-order valence-corrected chi connectivity index (χ0v) is 29.5. The Balaban J connectivity index is 1.14. The molecule has 10 aromatic rings. The molecule has 3 heterocycles. The number of rotatable bonds is 6. The molecule has 3 aromatic heterocycles. The van der Waals surface area contributed by atoms with Gasteiger partial charge in [-0.3, -0.25) is 0 Å². The fraction of sp³-hybridized carbons (Fsp3) is 0. The molecule has 0 N–H and O–H groups in total. The number of hydrogen-bond donors (Lipinski definition) is 0. The van der Waals surface area contributed by atoms with E-state index in [1.807, 2.05) is 23.5 Å². The van der Waals surface area contributed by atoms with Gasteiger partial charge in [0.2, 0.25) is 0 Å². The van der Waals surface area contributed by atoms with Gasteiger partial charge < -0.3 is 0 Å². The molecule has 0 aliphatic carbocycles. The van der Waals surface area contributed by atoms with E-state index in [1.54, 1.807) is 0 Å². The molecule has 53 heavy (non-hydrogen) atoms. The number of thiophene rings is 1. The molecule has 0 fully saturated rings. The summed E-state index contributed by atoms with van der Waals surface area (Å²) in [6.45, 7) is 0. The highest BCUT2D eigenvalue weighted by Crippen LogP contribution is 2.43. The van der Waals surface area contributed by atoms with Crippen LogP contribution in [0.5, 0.6) is 0 Å². The summed E-state index contributed by atoms with van der Waals surface area (Å²) < 4.78 is 2.47. The summed E-state index contributed by atoms with van der Waals surface area (Å²) in [5.74, 6) is 0.681. The second-order valence-electron chi connectivity index (χ2n) is 13.2. The smallest absolute Gasteiger partial charge is 0.160 e. The summed E-state index contributed by atoms with van der Waals surface area (Å²) in [6.07, 6.45) is 0. The Morgan fingerprint density at radius 2 is 0.811 bits per heavy atom. The van der Waals surface area contributed by atoms with E-state index in [1.165, 1.54) is 42.4 Å². The number of nitrogens with zero attached hydrogens (tertiary/aromatic N) is 3. The lowest BCUT2D eigenvalue weighted by Crippen LogP contribution is -1.96. The normalized spacial score (nSPS) is 11.4. The largest absolute Gasteiger partial charge is 0.247 e. The van der Waals surface area contributed by atoms with Gasteiger partial charge in [-0.05, 0) is 52.6 Å². The van der Waals surface area contributed by atoms with Crippen molar-refractivity contribution in [2.45, 2.75) is 0 Å². The van der Waals surface area contributed by atoms with Gasteiger partial charge in [0.25, 0.3) is 0 Å². The van der Waals surface area contributed by atoms with Gasteiger partial charge in [-0.1, -0.05) is 158 Å². The molecule has 0 amide bonds. The summed E-state index contributed by atoms with van der Waals surface area (Å²) in [7, 11) is 0. The predicted octanol–water partition coefficient (Wildman–Crippen LogP) is 13.4. The van der Waals surface area contributed by atoms with Crippen LogP contribution in [0.1, 0.15) is 0 Å². The lowest BCUT2D eigenvalue weighted by molar-refractivity contribution is 1.18. The first-order chi connectivity index (χ1) is 26.2. The molecular weight excluding hydrogens is 663 g/mol. The van der Waals surface area contributed by atoms with Crippen LogP contribution in [0.4, 0.5) is 0 Å². The Hall–Kier alpha value is -6.75. The maximum Gasteiger partial charge on any atom is 0.160 e. The first kappa shape index (κ1) is 31.0. The molecular formula is C49H31N3S. The second-order valence-corrected chi connectivity index (χ2v) is 14.3. The molecule has 0 unspecified atom stereocenters.